The van der Waals surface area contributed by atoms with Gasteiger partial charge in [0.2, 0.25) is 11.9 Å². The summed E-state index contributed by atoms with van der Waals surface area (Å²) in [5.74, 6) is -0.770. The lowest BCUT2D eigenvalue weighted by Crippen LogP contribution is -2.33. The first-order chi connectivity index (χ1) is 9.08. The summed E-state index contributed by atoms with van der Waals surface area (Å²) in [6, 6.07) is 0. The Bertz CT molecular complexity index is 498. The maximum Gasteiger partial charge on any atom is 0.339 e. The van der Waals surface area contributed by atoms with E-state index in [2.05, 4.69) is 15.3 Å². The number of nitrogens with zero attached hydrogens (tertiary/aromatic N) is 3. The average Bonchev–Trinajstić information content (AvgIpc) is 2.89. The van der Waals surface area contributed by atoms with Gasteiger partial charge in [0.15, 0.2) is 0 Å². The molecule has 0 aliphatic carbocycles. The molecule has 1 fully saturated rings. The molecule has 7 heteroatoms. The minimum absolute atomic E-state index is 0.0149. The van der Waals surface area contributed by atoms with Crippen LogP contribution in [0.1, 0.15) is 28.9 Å². The molecule has 2 N–H and O–H groups in total. The molecule has 1 saturated heterocycles. The van der Waals surface area contributed by atoms with Gasteiger partial charge in [0.1, 0.15) is 0 Å². The molecular formula is C12H16N4O3. The Morgan fingerprint density at radius 1 is 1.42 bits per heavy atom. The molecule has 0 radical (unpaired) electrons. The highest BCUT2D eigenvalue weighted by molar-refractivity contribution is 5.88. The van der Waals surface area contributed by atoms with Gasteiger partial charge in [0.25, 0.3) is 0 Å². The number of nitrogens with one attached hydrogen (secondary N) is 1. The molecule has 19 heavy (non-hydrogen) atoms. The zero-order valence-corrected chi connectivity index (χ0v) is 10.7. The molecule has 0 bridgehead atoms. The Morgan fingerprint density at radius 2 is 2.11 bits per heavy atom. The highest BCUT2D eigenvalue weighted by Gasteiger charge is 2.18. The fourth-order valence-electron chi connectivity index (χ4n) is 2.00. The number of rotatable bonds is 4. The Labute approximate surface area is 110 Å². The van der Waals surface area contributed by atoms with Gasteiger partial charge in [-0.1, -0.05) is 0 Å². The van der Waals surface area contributed by atoms with Gasteiger partial charge in [-0.3, -0.25) is 4.79 Å². The number of hydrogen-bond acceptors (Lipinski definition) is 5. The van der Waals surface area contributed by atoms with E-state index in [-0.39, 0.29) is 24.0 Å². The smallest absolute Gasteiger partial charge is 0.339 e. The van der Waals surface area contributed by atoms with Crippen LogP contribution in [0.4, 0.5) is 5.95 Å². The topological polar surface area (TPSA) is 95.4 Å². The first-order valence-corrected chi connectivity index (χ1v) is 6.16. The Hall–Kier alpha value is -2.18. The fraction of sp³-hybridized carbons (Fsp3) is 0.500. The van der Waals surface area contributed by atoms with Crippen LogP contribution in [0.25, 0.3) is 0 Å². The summed E-state index contributed by atoms with van der Waals surface area (Å²) in [7, 11) is 0. The van der Waals surface area contributed by atoms with Gasteiger partial charge >= 0.3 is 5.97 Å². The van der Waals surface area contributed by atoms with Crippen LogP contribution in [0.5, 0.6) is 0 Å². The van der Waals surface area contributed by atoms with Crippen molar-refractivity contribution in [3.05, 3.63) is 17.5 Å². The monoisotopic (exact) mass is 264 g/mol. The maximum atomic E-state index is 11.8. The van der Waals surface area contributed by atoms with E-state index < -0.39 is 5.97 Å². The molecule has 0 atom stereocenters. The number of likely N-dealkylation sites (tertiary alicyclic amines) is 1. The number of carboxylic acids is 1. The molecule has 1 amide bonds. The number of aryl methyl sites for hydroxylation is 1. The van der Waals surface area contributed by atoms with Crippen LogP contribution in [0.2, 0.25) is 0 Å². The van der Waals surface area contributed by atoms with Crippen molar-refractivity contribution in [2.24, 2.45) is 0 Å². The quantitative estimate of drug-likeness (QED) is 0.823. The Balaban J connectivity index is 1.94. The lowest BCUT2D eigenvalue weighted by atomic mass is 10.2. The van der Waals surface area contributed by atoms with Crippen molar-refractivity contribution >= 4 is 17.8 Å². The molecule has 0 spiro atoms. The predicted molar refractivity (Wildman–Crippen MR) is 68.0 cm³/mol. The van der Waals surface area contributed by atoms with E-state index in [4.69, 9.17) is 5.11 Å². The second kappa shape index (κ2) is 5.64. The minimum Gasteiger partial charge on any atom is -0.478 e. The first-order valence-electron chi connectivity index (χ1n) is 6.16. The molecule has 1 aromatic rings. The van der Waals surface area contributed by atoms with Crippen molar-refractivity contribution < 1.29 is 14.7 Å². The first kappa shape index (κ1) is 13.3. The lowest BCUT2D eigenvalue weighted by Gasteiger charge is -2.15. The molecule has 1 aliphatic rings. The van der Waals surface area contributed by atoms with Gasteiger partial charge in [-0.05, 0) is 19.8 Å². The van der Waals surface area contributed by atoms with E-state index in [1.807, 2.05) is 0 Å². The van der Waals surface area contributed by atoms with Crippen LogP contribution >= 0.6 is 0 Å². The second-order valence-corrected chi connectivity index (χ2v) is 4.44. The largest absolute Gasteiger partial charge is 0.478 e. The molecule has 102 valence electrons. The number of aromatic carboxylic acids is 1. The van der Waals surface area contributed by atoms with Crippen molar-refractivity contribution in [3.63, 3.8) is 0 Å². The van der Waals surface area contributed by atoms with E-state index in [0.29, 0.717) is 5.69 Å². The number of amides is 1. The number of carbonyl (C=O) groups excluding carboxylic acids is 1. The molecule has 7 nitrogen and oxygen atoms in total. The van der Waals surface area contributed by atoms with E-state index >= 15 is 0 Å². The third-order valence-electron chi connectivity index (χ3n) is 3.07. The molecule has 0 saturated carbocycles. The SMILES string of the molecule is Cc1nc(NCC(=O)N2CCCC2)ncc1C(=O)O. The number of anilines is 1. The molecule has 0 aromatic carbocycles. The van der Waals surface area contributed by atoms with Crippen LogP contribution in [0, 0.1) is 6.92 Å². The molecule has 1 aromatic heterocycles. The summed E-state index contributed by atoms with van der Waals surface area (Å²) in [5, 5.41) is 11.7. The zero-order valence-electron chi connectivity index (χ0n) is 10.7. The number of carbonyl (C=O) groups is 2. The van der Waals surface area contributed by atoms with Gasteiger partial charge in [0.05, 0.1) is 17.8 Å². The Kier molecular flexibility index (Phi) is 3.94. The van der Waals surface area contributed by atoms with Crippen LogP contribution < -0.4 is 5.32 Å². The lowest BCUT2D eigenvalue weighted by molar-refractivity contribution is -0.128. The summed E-state index contributed by atoms with van der Waals surface area (Å²) >= 11 is 0. The minimum atomic E-state index is -1.06. The fourth-order valence-corrected chi connectivity index (χ4v) is 2.00. The van der Waals surface area contributed by atoms with Crippen molar-refractivity contribution in [2.45, 2.75) is 19.8 Å². The van der Waals surface area contributed by atoms with Crippen LogP contribution in [0.15, 0.2) is 6.20 Å². The predicted octanol–water partition coefficient (Wildman–Crippen LogP) is 0.518. The third-order valence-corrected chi connectivity index (χ3v) is 3.07. The van der Waals surface area contributed by atoms with Gasteiger partial charge in [0, 0.05) is 19.3 Å². The summed E-state index contributed by atoms with van der Waals surface area (Å²) < 4.78 is 0. The third kappa shape index (κ3) is 3.18. The number of hydrogen-bond donors (Lipinski definition) is 2. The summed E-state index contributed by atoms with van der Waals surface area (Å²) in [4.78, 5) is 32.3. The summed E-state index contributed by atoms with van der Waals surface area (Å²) in [5.41, 5.74) is 0.440. The molecule has 0 unspecified atom stereocenters. The number of carboxylic acid groups (broad SMARTS) is 1. The van der Waals surface area contributed by atoms with E-state index in [0.717, 1.165) is 25.9 Å². The van der Waals surface area contributed by atoms with Gasteiger partial charge in [-0.15, -0.1) is 0 Å². The molecular weight excluding hydrogens is 248 g/mol. The van der Waals surface area contributed by atoms with Crippen molar-refractivity contribution in [2.75, 3.05) is 25.0 Å². The molecule has 2 rings (SSSR count). The standard InChI is InChI=1S/C12H16N4O3/c1-8-9(11(18)19)6-13-12(15-8)14-7-10(17)16-4-2-3-5-16/h6H,2-5,7H2,1H3,(H,18,19)(H,13,14,15). The van der Waals surface area contributed by atoms with E-state index in [1.54, 1.807) is 11.8 Å². The number of aromatic nitrogens is 2. The normalized spacial score (nSPS) is 14.5. The van der Waals surface area contributed by atoms with Crippen molar-refractivity contribution in [3.8, 4) is 0 Å². The van der Waals surface area contributed by atoms with Gasteiger partial charge in [-0.2, -0.15) is 0 Å². The van der Waals surface area contributed by atoms with Crippen LogP contribution in [0.3, 0.4) is 0 Å². The zero-order chi connectivity index (χ0) is 13.8. The second-order valence-electron chi connectivity index (χ2n) is 4.44. The van der Waals surface area contributed by atoms with Crippen molar-refractivity contribution in [1.29, 1.82) is 0 Å². The molecule has 1 aliphatic heterocycles. The van der Waals surface area contributed by atoms with E-state index in [9.17, 15) is 9.59 Å². The highest BCUT2D eigenvalue weighted by Crippen LogP contribution is 2.09. The summed E-state index contributed by atoms with van der Waals surface area (Å²) in [6.45, 7) is 3.33. The highest BCUT2D eigenvalue weighted by atomic mass is 16.4. The van der Waals surface area contributed by atoms with Crippen LogP contribution in [-0.2, 0) is 4.79 Å². The summed E-state index contributed by atoms with van der Waals surface area (Å²) in [6.07, 6.45) is 3.34. The Morgan fingerprint density at radius 3 is 2.68 bits per heavy atom. The van der Waals surface area contributed by atoms with Crippen LogP contribution in [-0.4, -0.2) is 51.5 Å². The van der Waals surface area contributed by atoms with Gasteiger partial charge in [-0.25, -0.2) is 14.8 Å². The average molecular weight is 264 g/mol. The maximum absolute atomic E-state index is 11.8. The van der Waals surface area contributed by atoms with E-state index in [1.165, 1.54) is 6.20 Å². The van der Waals surface area contributed by atoms with Gasteiger partial charge < -0.3 is 15.3 Å². The van der Waals surface area contributed by atoms with Crippen molar-refractivity contribution in [1.82, 2.24) is 14.9 Å². The molecule has 2 heterocycles.